The monoisotopic (exact) mass is 473 g/mol. The highest BCUT2D eigenvalue weighted by molar-refractivity contribution is 5.95. The standard InChI is InChI=1S/C27H23NO7/c1-17-12-26(30)35-24-14-22(10-11-23(17)24)33-15-18-6-8-19(9-7-18)27(31)34-16-25(29)28-20-4-3-5-21(13-20)32-2/h3-14H,15-16H2,1-2H3,(H,28,29). The molecular formula is C27H23NO7. The Hall–Kier alpha value is -4.59. The van der Waals surface area contributed by atoms with Gasteiger partial charge < -0.3 is 23.9 Å². The molecule has 1 N–H and O–H groups in total. The number of hydrogen-bond donors (Lipinski definition) is 1. The average molecular weight is 473 g/mol. The number of hydrogen-bond acceptors (Lipinski definition) is 7. The molecule has 4 aromatic rings. The zero-order valence-corrected chi connectivity index (χ0v) is 19.2. The van der Waals surface area contributed by atoms with Crippen LogP contribution in [0, 0.1) is 6.92 Å². The molecule has 4 rings (SSSR count). The molecule has 0 spiro atoms. The van der Waals surface area contributed by atoms with E-state index in [2.05, 4.69) is 5.32 Å². The van der Waals surface area contributed by atoms with Crippen molar-refractivity contribution in [1.82, 2.24) is 0 Å². The molecule has 1 heterocycles. The number of nitrogens with one attached hydrogen (secondary N) is 1. The Morgan fingerprint density at radius 3 is 2.51 bits per heavy atom. The number of anilines is 1. The van der Waals surface area contributed by atoms with Crippen LogP contribution < -0.4 is 20.4 Å². The first kappa shape index (κ1) is 23.6. The number of amides is 1. The van der Waals surface area contributed by atoms with E-state index in [1.807, 2.05) is 13.0 Å². The van der Waals surface area contributed by atoms with Gasteiger partial charge in [-0.05, 0) is 54.4 Å². The lowest BCUT2D eigenvalue weighted by molar-refractivity contribution is -0.119. The van der Waals surface area contributed by atoms with E-state index in [9.17, 15) is 14.4 Å². The van der Waals surface area contributed by atoms with E-state index in [4.69, 9.17) is 18.6 Å². The number of rotatable bonds is 8. The van der Waals surface area contributed by atoms with Crippen LogP contribution in [0.2, 0.25) is 0 Å². The minimum atomic E-state index is -0.613. The summed E-state index contributed by atoms with van der Waals surface area (Å²) >= 11 is 0. The van der Waals surface area contributed by atoms with Gasteiger partial charge in [-0.3, -0.25) is 4.79 Å². The molecular weight excluding hydrogens is 450 g/mol. The number of methoxy groups -OCH3 is 1. The number of aryl methyl sites for hydroxylation is 1. The molecule has 0 aliphatic heterocycles. The van der Waals surface area contributed by atoms with Crippen LogP contribution in [0.15, 0.2) is 82.0 Å². The van der Waals surface area contributed by atoms with Crippen molar-refractivity contribution in [3.05, 3.63) is 99.9 Å². The van der Waals surface area contributed by atoms with Crippen molar-refractivity contribution in [2.75, 3.05) is 19.0 Å². The molecule has 0 radical (unpaired) electrons. The van der Waals surface area contributed by atoms with Crippen molar-refractivity contribution in [1.29, 1.82) is 0 Å². The summed E-state index contributed by atoms with van der Waals surface area (Å²) in [5, 5.41) is 3.49. The summed E-state index contributed by atoms with van der Waals surface area (Å²) in [6, 6.07) is 20.3. The van der Waals surface area contributed by atoms with Crippen LogP contribution in [0.3, 0.4) is 0 Å². The second-order valence-corrected chi connectivity index (χ2v) is 7.75. The summed E-state index contributed by atoms with van der Waals surface area (Å²) in [6.07, 6.45) is 0. The Morgan fingerprint density at radius 2 is 1.74 bits per heavy atom. The van der Waals surface area contributed by atoms with Gasteiger partial charge in [-0.2, -0.15) is 0 Å². The SMILES string of the molecule is COc1cccc(NC(=O)COC(=O)c2ccc(COc3ccc4c(C)cc(=O)oc4c3)cc2)c1. The van der Waals surface area contributed by atoms with E-state index in [1.54, 1.807) is 60.7 Å². The van der Waals surface area contributed by atoms with Crippen molar-refractivity contribution in [3.63, 3.8) is 0 Å². The Labute approximate surface area is 201 Å². The number of fused-ring (bicyclic) bond motifs is 1. The number of esters is 1. The molecule has 0 saturated carbocycles. The van der Waals surface area contributed by atoms with E-state index in [-0.39, 0.29) is 6.61 Å². The first-order chi connectivity index (χ1) is 16.9. The molecule has 1 amide bonds. The largest absolute Gasteiger partial charge is 0.497 e. The highest BCUT2D eigenvalue weighted by Gasteiger charge is 2.11. The number of carbonyl (C=O) groups is 2. The van der Waals surface area contributed by atoms with Crippen LogP contribution in [0.5, 0.6) is 11.5 Å². The van der Waals surface area contributed by atoms with Gasteiger partial charge >= 0.3 is 11.6 Å². The van der Waals surface area contributed by atoms with Gasteiger partial charge in [0.25, 0.3) is 5.91 Å². The fourth-order valence-electron chi connectivity index (χ4n) is 3.41. The minimum absolute atomic E-state index is 0.250. The second kappa shape index (κ2) is 10.6. The molecule has 0 atom stereocenters. The number of benzene rings is 3. The van der Waals surface area contributed by atoms with Crippen molar-refractivity contribution in [2.45, 2.75) is 13.5 Å². The molecule has 0 aliphatic rings. The van der Waals surface area contributed by atoms with Crippen LogP contribution in [-0.4, -0.2) is 25.6 Å². The maximum absolute atomic E-state index is 12.3. The summed E-state index contributed by atoms with van der Waals surface area (Å²) in [5.74, 6) is 0.0826. The normalized spacial score (nSPS) is 10.6. The molecule has 0 unspecified atom stereocenters. The first-order valence-corrected chi connectivity index (χ1v) is 10.8. The van der Waals surface area contributed by atoms with Crippen molar-refractivity contribution in [2.24, 2.45) is 0 Å². The molecule has 8 heteroatoms. The molecule has 35 heavy (non-hydrogen) atoms. The van der Waals surface area contributed by atoms with Gasteiger partial charge in [-0.25, -0.2) is 9.59 Å². The fourth-order valence-corrected chi connectivity index (χ4v) is 3.41. The van der Waals surface area contributed by atoms with Crippen LogP contribution >= 0.6 is 0 Å². The summed E-state index contributed by atoms with van der Waals surface area (Å²) in [4.78, 5) is 36.0. The second-order valence-electron chi connectivity index (χ2n) is 7.75. The van der Waals surface area contributed by atoms with Crippen molar-refractivity contribution < 1.29 is 28.2 Å². The Bertz CT molecular complexity index is 1420. The third-order valence-electron chi connectivity index (χ3n) is 5.21. The van der Waals surface area contributed by atoms with E-state index in [0.717, 1.165) is 16.5 Å². The zero-order chi connectivity index (χ0) is 24.8. The van der Waals surface area contributed by atoms with Gasteiger partial charge in [0.15, 0.2) is 6.61 Å². The molecule has 0 bridgehead atoms. The Morgan fingerprint density at radius 1 is 0.943 bits per heavy atom. The van der Waals surface area contributed by atoms with Crippen LogP contribution in [0.4, 0.5) is 5.69 Å². The van der Waals surface area contributed by atoms with Gasteiger partial charge in [0.1, 0.15) is 23.7 Å². The van der Waals surface area contributed by atoms with E-state index in [1.165, 1.54) is 13.2 Å². The van der Waals surface area contributed by atoms with Gasteiger partial charge in [0.05, 0.1) is 12.7 Å². The molecule has 8 nitrogen and oxygen atoms in total. The molecule has 0 aliphatic carbocycles. The molecule has 3 aromatic carbocycles. The number of ether oxygens (including phenoxy) is 3. The van der Waals surface area contributed by atoms with Gasteiger partial charge in [-0.15, -0.1) is 0 Å². The summed E-state index contributed by atoms with van der Waals surface area (Å²) in [6.45, 7) is 1.68. The maximum atomic E-state index is 12.3. The fraction of sp³-hybridized carbons (Fsp3) is 0.148. The van der Waals surface area contributed by atoms with Crippen LogP contribution in [0.1, 0.15) is 21.5 Å². The van der Waals surface area contributed by atoms with E-state index in [0.29, 0.717) is 28.3 Å². The van der Waals surface area contributed by atoms with Crippen LogP contribution in [-0.2, 0) is 16.1 Å². The molecule has 0 saturated heterocycles. The third-order valence-corrected chi connectivity index (χ3v) is 5.21. The lowest BCUT2D eigenvalue weighted by Gasteiger charge is -2.09. The topological polar surface area (TPSA) is 104 Å². The van der Waals surface area contributed by atoms with E-state index >= 15 is 0 Å². The third kappa shape index (κ3) is 6.05. The zero-order valence-electron chi connectivity index (χ0n) is 19.2. The summed E-state index contributed by atoms with van der Waals surface area (Å²) in [7, 11) is 1.53. The van der Waals surface area contributed by atoms with Crippen molar-refractivity contribution in [3.8, 4) is 11.5 Å². The average Bonchev–Trinajstić information content (AvgIpc) is 2.86. The Kier molecular flexibility index (Phi) is 7.11. The molecule has 0 fully saturated rings. The summed E-state index contributed by atoms with van der Waals surface area (Å²) in [5.41, 5.74) is 2.56. The van der Waals surface area contributed by atoms with Gasteiger partial charge in [0, 0.05) is 29.3 Å². The predicted molar refractivity (Wildman–Crippen MR) is 130 cm³/mol. The highest BCUT2D eigenvalue weighted by Crippen LogP contribution is 2.23. The van der Waals surface area contributed by atoms with Crippen molar-refractivity contribution >= 4 is 28.5 Å². The lowest BCUT2D eigenvalue weighted by Crippen LogP contribution is -2.20. The van der Waals surface area contributed by atoms with Gasteiger partial charge in [-0.1, -0.05) is 18.2 Å². The summed E-state index contributed by atoms with van der Waals surface area (Å²) < 4.78 is 21.2. The molecule has 178 valence electrons. The van der Waals surface area contributed by atoms with E-state index < -0.39 is 24.1 Å². The Balaban J connectivity index is 1.29. The molecule has 1 aromatic heterocycles. The smallest absolute Gasteiger partial charge is 0.338 e. The quantitative estimate of drug-likeness (QED) is 0.297. The van der Waals surface area contributed by atoms with Gasteiger partial charge in [0.2, 0.25) is 0 Å². The lowest BCUT2D eigenvalue weighted by atomic mass is 10.1. The maximum Gasteiger partial charge on any atom is 0.338 e. The van der Waals surface area contributed by atoms with Crippen LogP contribution in [0.25, 0.3) is 11.0 Å². The predicted octanol–water partition coefficient (Wildman–Crippen LogP) is 4.48. The minimum Gasteiger partial charge on any atom is -0.497 e. The number of carbonyl (C=O) groups excluding carboxylic acids is 2. The highest BCUT2D eigenvalue weighted by atomic mass is 16.5. The first-order valence-electron chi connectivity index (χ1n) is 10.8.